The maximum absolute atomic E-state index is 14.0. The second-order valence-electron chi connectivity index (χ2n) is 9.55. The first-order chi connectivity index (χ1) is 17.0. The minimum Gasteiger partial charge on any atom is -0.496 e. The number of amides is 3. The fourth-order valence-electron chi connectivity index (χ4n) is 4.23. The van der Waals surface area contributed by atoms with Gasteiger partial charge in [-0.1, -0.05) is 23.4 Å². The first kappa shape index (κ1) is 26.2. The molecule has 1 aromatic carbocycles. The van der Waals surface area contributed by atoms with Gasteiger partial charge in [-0.2, -0.15) is 0 Å². The number of methoxy groups -OCH3 is 2. The van der Waals surface area contributed by atoms with E-state index >= 15 is 0 Å². The smallest absolute Gasteiger partial charge is 0.410 e. The molecule has 4 rings (SSSR count). The van der Waals surface area contributed by atoms with E-state index in [-0.39, 0.29) is 18.6 Å². The van der Waals surface area contributed by atoms with E-state index in [0.29, 0.717) is 51.8 Å². The van der Waals surface area contributed by atoms with E-state index in [1.807, 2.05) is 34.0 Å². The molecular formula is C24H30ClN5O5S. The Bertz CT molecular complexity index is 1170. The Morgan fingerprint density at radius 3 is 2.44 bits per heavy atom. The number of halogens is 1. The molecule has 10 nitrogen and oxygen atoms in total. The monoisotopic (exact) mass is 535 g/mol. The number of aromatic nitrogens is 2. The van der Waals surface area contributed by atoms with Crippen molar-refractivity contribution in [2.75, 3.05) is 43.4 Å². The van der Waals surface area contributed by atoms with Crippen molar-refractivity contribution in [1.29, 1.82) is 0 Å². The first-order valence-corrected chi connectivity index (χ1v) is 13.0. The van der Waals surface area contributed by atoms with Gasteiger partial charge in [0.25, 0.3) is 0 Å². The Hall–Kier alpha value is -2.92. The van der Waals surface area contributed by atoms with Crippen molar-refractivity contribution in [1.82, 2.24) is 14.9 Å². The number of anilines is 2. The summed E-state index contributed by atoms with van der Waals surface area (Å²) in [5, 5.41) is 0.860. The molecule has 1 aromatic heterocycles. The van der Waals surface area contributed by atoms with Gasteiger partial charge >= 0.3 is 12.1 Å². The van der Waals surface area contributed by atoms with Gasteiger partial charge in [-0.3, -0.25) is 9.80 Å². The second-order valence-corrected chi connectivity index (χ2v) is 10.7. The number of carbonyl (C=O) groups excluding carboxylic acids is 2. The standard InChI is InChI=1S/C24H30ClN5O5S/c1-13-16(33-5)8-17(34-6)18(25)19(13)29-10-14-9-26-21(36-7)27-20(14)30(22(29)31)15-11-28(12-15)23(32)35-24(2,3)4/h8-9,15H,10-12H2,1-7H3. The Labute approximate surface area is 219 Å². The molecule has 0 atom stereocenters. The zero-order valence-corrected chi connectivity index (χ0v) is 23.0. The Morgan fingerprint density at radius 1 is 1.19 bits per heavy atom. The van der Waals surface area contributed by atoms with Crippen molar-refractivity contribution in [2.45, 2.75) is 51.0 Å². The molecule has 12 heteroatoms. The largest absolute Gasteiger partial charge is 0.496 e. The SMILES string of the molecule is COc1cc(OC)c(Cl)c(N2Cc3cnc(SC)nc3N(C3CN(C(=O)OC(C)(C)C)C3)C2=O)c1C. The van der Waals surface area contributed by atoms with Crippen LogP contribution in [0.3, 0.4) is 0 Å². The summed E-state index contributed by atoms with van der Waals surface area (Å²) in [5.41, 5.74) is 1.35. The van der Waals surface area contributed by atoms with Crippen LogP contribution in [0.15, 0.2) is 17.4 Å². The lowest BCUT2D eigenvalue weighted by Gasteiger charge is -2.48. The molecule has 3 amide bonds. The number of urea groups is 1. The summed E-state index contributed by atoms with van der Waals surface area (Å²) in [4.78, 5) is 40.4. The van der Waals surface area contributed by atoms with Crippen molar-refractivity contribution in [3.63, 3.8) is 0 Å². The van der Waals surface area contributed by atoms with Crippen molar-refractivity contribution in [2.24, 2.45) is 0 Å². The van der Waals surface area contributed by atoms with Crippen LogP contribution < -0.4 is 19.3 Å². The molecule has 0 radical (unpaired) electrons. The molecule has 1 fully saturated rings. The zero-order valence-electron chi connectivity index (χ0n) is 21.4. The highest BCUT2D eigenvalue weighted by Crippen LogP contribution is 2.45. The average molecular weight is 536 g/mol. The number of hydrogen-bond acceptors (Lipinski definition) is 8. The van der Waals surface area contributed by atoms with Crippen LogP contribution in [-0.2, 0) is 11.3 Å². The van der Waals surface area contributed by atoms with E-state index in [1.54, 1.807) is 34.1 Å². The molecule has 0 saturated carbocycles. The Morgan fingerprint density at radius 2 is 1.86 bits per heavy atom. The van der Waals surface area contributed by atoms with Gasteiger partial charge in [-0.25, -0.2) is 19.6 Å². The van der Waals surface area contributed by atoms with Crippen LogP contribution in [-0.4, -0.2) is 72.2 Å². The van der Waals surface area contributed by atoms with Crippen LogP contribution in [0.5, 0.6) is 11.5 Å². The number of ether oxygens (including phenoxy) is 3. The van der Waals surface area contributed by atoms with Gasteiger partial charge in [0.1, 0.15) is 27.9 Å². The lowest BCUT2D eigenvalue weighted by molar-refractivity contribution is 0.00856. The molecule has 0 aliphatic carbocycles. The van der Waals surface area contributed by atoms with Crippen LogP contribution in [0.1, 0.15) is 31.9 Å². The number of rotatable bonds is 5. The summed E-state index contributed by atoms with van der Waals surface area (Å²) < 4.78 is 16.4. The van der Waals surface area contributed by atoms with E-state index in [2.05, 4.69) is 9.97 Å². The summed E-state index contributed by atoms with van der Waals surface area (Å²) in [7, 11) is 3.06. The number of fused-ring (bicyclic) bond motifs is 1. The fraction of sp³-hybridized carbons (Fsp3) is 0.500. The number of hydrogen-bond donors (Lipinski definition) is 0. The van der Waals surface area contributed by atoms with Crippen LogP contribution in [0.2, 0.25) is 5.02 Å². The zero-order chi connectivity index (χ0) is 26.4. The third-order valence-corrected chi connectivity index (χ3v) is 6.92. The summed E-state index contributed by atoms with van der Waals surface area (Å²) >= 11 is 8.11. The average Bonchev–Trinajstić information content (AvgIpc) is 2.78. The van der Waals surface area contributed by atoms with Gasteiger partial charge in [0.2, 0.25) is 0 Å². The van der Waals surface area contributed by atoms with Crippen LogP contribution >= 0.6 is 23.4 Å². The number of carbonyl (C=O) groups is 2. The van der Waals surface area contributed by atoms with Crippen LogP contribution in [0.25, 0.3) is 0 Å². The van der Waals surface area contributed by atoms with Gasteiger partial charge < -0.3 is 19.1 Å². The minimum absolute atomic E-state index is 0.221. The van der Waals surface area contributed by atoms with Crippen molar-refractivity contribution < 1.29 is 23.8 Å². The number of benzene rings is 1. The predicted molar refractivity (Wildman–Crippen MR) is 139 cm³/mol. The molecule has 36 heavy (non-hydrogen) atoms. The van der Waals surface area contributed by atoms with Gasteiger partial charge in [-0.15, -0.1) is 0 Å². The highest BCUT2D eigenvalue weighted by Gasteiger charge is 2.45. The fourth-order valence-corrected chi connectivity index (χ4v) is 4.94. The normalized spacial score (nSPS) is 16.0. The van der Waals surface area contributed by atoms with Crippen molar-refractivity contribution >= 4 is 47.0 Å². The molecule has 2 aliphatic rings. The van der Waals surface area contributed by atoms with Crippen LogP contribution in [0, 0.1) is 6.92 Å². The maximum Gasteiger partial charge on any atom is 0.410 e. The molecule has 2 aromatic rings. The molecule has 0 N–H and O–H groups in total. The van der Waals surface area contributed by atoms with E-state index in [4.69, 9.17) is 25.8 Å². The Balaban J connectivity index is 1.73. The highest BCUT2D eigenvalue weighted by molar-refractivity contribution is 7.98. The van der Waals surface area contributed by atoms with E-state index in [9.17, 15) is 9.59 Å². The third kappa shape index (κ3) is 4.73. The van der Waals surface area contributed by atoms with Crippen LogP contribution in [0.4, 0.5) is 21.1 Å². The predicted octanol–water partition coefficient (Wildman–Crippen LogP) is 4.74. The molecule has 194 valence electrons. The summed E-state index contributed by atoms with van der Waals surface area (Å²) in [6, 6.07) is 1.10. The molecule has 1 saturated heterocycles. The van der Waals surface area contributed by atoms with E-state index in [1.165, 1.54) is 18.9 Å². The summed E-state index contributed by atoms with van der Waals surface area (Å²) in [6.07, 6.45) is 3.19. The van der Waals surface area contributed by atoms with Crippen molar-refractivity contribution in [3.8, 4) is 11.5 Å². The third-order valence-electron chi connectivity index (χ3n) is 6.00. The first-order valence-electron chi connectivity index (χ1n) is 11.4. The number of thioether (sulfide) groups is 1. The minimum atomic E-state index is -0.604. The van der Waals surface area contributed by atoms with Crippen molar-refractivity contribution in [3.05, 3.63) is 28.4 Å². The molecular weight excluding hydrogens is 506 g/mol. The van der Waals surface area contributed by atoms with Gasteiger partial charge in [0, 0.05) is 36.5 Å². The second kappa shape index (κ2) is 9.85. The summed E-state index contributed by atoms with van der Waals surface area (Å²) in [6.45, 7) is 8.16. The highest BCUT2D eigenvalue weighted by atomic mass is 35.5. The summed E-state index contributed by atoms with van der Waals surface area (Å²) in [5.74, 6) is 1.48. The molecule has 0 spiro atoms. The van der Waals surface area contributed by atoms with Gasteiger partial charge in [-0.05, 0) is 34.0 Å². The lowest BCUT2D eigenvalue weighted by atomic mass is 10.0. The van der Waals surface area contributed by atoms with Gasteiger partial charge in [0.05, 0.1) is 32.5 Å². The number of likely N-dealkylation sites (tertiary alicyclic amines) is 1. The van der Waals surface area contributed by atoms with Gasteiger partial charge in [0.15, 0.2) is 5.16 Å². The molecule has 0 bridgehead atoms. The molecule has 2 aliphatic heterocycles. The van der Waals surface area contributed by atoms with E-state index in [0.717, 1.165) is 5.56 Å². The van der Waals surface area contributed by atoms with E-state index < -0.39 is 11.7 Å². The molecule has 3 heterocycles. The number of nitrogens with zero attached hydrogens (tertiary/aromatic N) is 5. The molecule has 0 unspecified atom stereocenters. The maximum atomic E-state index is 14.0. The Kier molecular flexibility index (Phi) is 7.16. The quantitative estimate of drug-likeness (QED) is 0.400. The topological polar surface area (TPSA) is 97.3 Å². The lowest BCUT2D eigenvalue weighted by Crippen LogP contribution is -2.66.